The molecule has 1 saturated carbocycles. The number of hydrogen-bond donors (Lipinski definition) is 1. The lowest BCUT2D eigenvalue weighted by molar-refractivity contribution is -0.116. The summed E-state index contributed by atoms with van der Waals surface area (Å²) in [5, 5.41) is 3.22. The Labute approximate surface area is 177 Å². The van der Waals surface area contributed by atoms with Gasteiger partial charge in [-0.3, -0.25) is 9.59 Å². The van der Waals surface area contributed by atoms with Crippen molar-refractivity contribution in [3.63, 3.8) is 0 Å². The van der Waals surface area contributed by atoms with E-state index >= 15 is 0 Å². The third kappa shape index (κ3) is 5.97. The minimum absolute atomic E-state index is 0.142. The molecule has 1 aliphatic carbocycles. The van der Waals surface area contributed by atoms with Crippen molar-refractivity contribution < 1.29 is 14.3 Å². The summed E-state index contributed by atoms with van der Waals surface area (Å²) in [7, 11) is 3.36. The number of amides is 2. The van der Waals surface area contributed by atoms with Gasteiger partial charge in [0.25, 0.3) is 5.91 Å². The fourth-order valence-electron chi connectivity index (χ4n) is 3.46. The highest BCUT2D eigenvalue weighted by atomic mass is 35.5. The van der Waals surface area contributed by atoms with Gasteiger partial charge in [0.2, 0.25) is 5.91 Å². The molecule has 1 N–H and O–H groups in total. The summed E-state index contributed by atoms with van der Waals surface area (Å²) in [6.45, 7) is 0. The van der Waals surface area contributed by atoms with Crippen LogP contribution >= 0.6 is 11.6 Å². The predicted octanol–water partition coefficient (Wildman–Crippen LogP) is 4.93. The van der Waals surface area contributed by atoms with Crippen LogP contribution in [0.1, 0.15) is 48.0 Å². The fraction of sp³-hybridized carbons (Fsp3) is 0.391. The molecule has 0 unspecified atom stereocenters. The van der Waals surface area contributed by atoms with Gasteiger partial charge in [0, 0.05) is 26.1 Å². The first-order valence-electron chi connectivity index (χ1n) is 9.99. The highest BCUT2D eigenvalue weighted by molar-refractivity contribution is 6.33. The molecule has 0 heterocycles. The first-order chi connectivity index (χ1) is 13.9. The van der Waals surface area contributed by atoms with E-state index in [1.54, 1.807) is 32.3 Å². The van der Waals surface area contributed by atoms with Gasteiger partial charge in [0.15, 0.2) is 0 Å². The smallest absolute Gasteiger partial charge is 0.253 e. The Hall–Kier alpha value is -2.53. The molecular formula is C23H27ClN2O3. The molecule has 0 aromatic heterocycles. The lowest BCUT2D eigenvalue weighted by Gasteiger charge is -2.14. The molecule has 0 aliphatic heterocycles. The lowest BCUT2D eigenvalue weighted by atomic mass is 10.1. The Bertz CT molecular complexity index is 876. The molecular weight excluding hydrogens is 388 g/mol. The van der Waals surface area contributed by atoms with Crippen LogP contribution in [0.15, 0.2) is 42.5 Å². The van der Waals surface area contributed by atoms with Crippen LogP contribution in [0.25, 0.3) is 0 Å². The lowest BCUT2D eigenvalue weighted by Crippen LogP contribution is -2.22. The SMILES string of the molecule is CN(C)C(=O)c1ccc(Cl)c(NC(=O)CCc2cccc(OC3CCCC3)c2)c1. The van der Waals surface area contributed by atoms with Crippen molar-refractivity contribution in [1.29, 1.82) is 0 Å². The highest BCUT2D eigenvalue weighted by Crippen LogP contribution is 2.26. The van der Waals surface area contributed by atoms with E-state index in [-0.39, 0.29) is 11.8 Å². The Morgan fingerprint density at radius 1 is 1.14 bits per heavy atom. The van der Waals surface area contributed by atoms with Gasteiger partial charge in [0.05, 0.1) is 16.8 Å². The van der Waals surface area contributed by atoms with Crippen molar-refractivity contribution in [2.45, 2.75) is 44.6 Å². The number of aryl methyl sites for hydroxylation is 1. The van der Waals surface area contributed by atoms with Crippen LogP contribution in [0.3, 0.4) is 0 Å². The highest BCUT2D eigenvalue weighted by Gasteiger charge is 2.17. The molecule has 0 radical (unpaired) electrons. The van der Waals surface area contributed by atoms with Crippen molar-refractivity contribution in [2.24, 2.45) is 0 Å². The second-order valence-corrected chi connectivity index (χ2v) is 8.02. The molecule has 0 atom stereocenters. The van der Waals surface area contributed by atoms with Crippen molar-refractivity contribution in [3.8, 4) is 5.75 Å². The molecule has 0 spiro atoms. The average Bonchev–Trinajstić information content (AvgIpc) is 3.21. The summed E-state index contributed by atoms with van der Waals surface area (Å²) in [5.41, 5.74) is 1.98. The first kappa shape index (κ1) is 21.2. The monoisotopic (exact) mass is 414 g/mol. The first-order valence-corrected chi connectivity index (χ1v) is 10.4. The maximum absolute atomic E-state index is 12.4. The molecule has 1 aliphatic rings. The summed E-state index contributed by atoms with van der Waals surface area (Å²) in [6.07, 6.45) is 5.92. The van der Waals surface area contributed by atoms with E-state index < -0.39 is 0 Å². The van der Waals surface area contributed by atoms with Crippen molar-refractivity contribution in [3.05, 3.63) is 58.6 Å². The van der Waals surface area contributed by atoms with E-state index in [2.05, 4.69) is 5.32 Å². The van der Waals surface area contributed by atoms with E-state index in [1.807, 2.05) is 24.3 Å². The van der Waals surface area contributed by atoms with Crippen LogP contribution in [0.5, 0.6) is 5.75 Å². The summed E-state index contributed by atoms with van der Waals surface area (Å²) in [6, 6.07) is 12.8. The molecule has 3 rings (SSSR count). The summed E-state index contributed by atoms with van der Waals surface area (Å²) in [5.74, 6) is 0.576. The number of rotatable bonds is 7. The quantitative estimate of drug-likeness (QED) is 0.698. The van der Waals surface area contributed by atoms with Crippen LogP contribution in [0.2, 0.25) is 5.02 Å². The number of carbonyl (C=O) groups excluding carboxylic acids is 2. The maximum atomic E-state index is 12.4. The number of carbonyl (C=O) groups is 2. The van der Waals surface area contributed by atoms with Crippen LogP contribution in [-0.2, 0) is 11.2 Å². The zero-order chi connectivity index (χ0) is 20.8. The zero-order valence-corrected chi connectivity index (χ0v) is 17.7. The molecule has 2 aromatic carbocycles. The molecule has 2 amide bonds. The van der Waals surface area contributed by atoms with Gasteiger partial charge in [0.1, 0.15) is 5.75 Å². The average molecular weight is 415 g/mol. The number of benzene rings is 2. The normalized spacial score (nSPS) is 13.9. The van der Waals surface area contributed by atoms with E-state index in [9.17, 15) is 9.59 Å². The molecule has 0 bridgehead atoms. The fourth-order valence-corrected chi connectivity index (χ4v) is 3.62. The van der Waals surface area contributed by atoms with Crippen molar-refractivity contribution >= 4 is 29.1 Å². The zero-order valence-electron chi connectivity index (χ0n) is 16.9. The molecule has 154 valence electrons. The van der Waals surface area contributed by atoms with Gasteiger partial charge in [-0.2, -0.15) is 0 Å². The van der Waals surface area contributed by atoms with Gasteiger partial charge < -0.3 is 15.0 Å². The van der Waals surface area contributed by atoms with Crippen LogP contribution in [0, 0.1) is 0 Å². The number of halogens is 1. The summed E-state index contributed by atoms with van der Waals surface area (Å²) < 4.78 is 6.04. The number of anilines is 1. The van der Waals surface area contributed by atoms with Crippen LogP contribution in [0.4, 0.5) is 5.69 Å². The van der Waals surface area contributed by atoms with Gasteiger partial charge in [-0.15, -0.1) is 0 Å². The summed E-state index contributed by atoms with van der Waals surface area (Å²) >= 11 is 6.19. The molecule has 2 aromatic rings. The number of nitrogens with zero attached hydrogens (tertiary/aromatic N) is 1. The van der Waals surface area contributed by atoms with E-state index in [1.165, 1.54) is 17.7 Å². The molecule has 29 heavy (non-hydrogen) atoms. The van der Waals surface area contributed by atoms with Crippen molar-refractivity contribution in [1.82, 2.24) is 4.90 Å². The standard InChI is InChI=1S/C23H27ClN2O3/c1-26(2)23(28)17-11-12-20(24)21(15-17)25-22(27)13-10-16-6-5-9-19(14-16)29-18-7-3-4-8-18/h5-6,9,11-12,14-15,18H,3-4,7-8,10,13H2,1-2H3,(H,25,27). The Balaban J connectivity index is 1.57. The third-order valence-corrected chi connectivity index (χ3v) is 5.37. The maximum Gasteiger partial charge on any atom is 0.253 e. The van der Waals surface area contributed by atoms with Gasteiger partial charge in [-0.1, -0.05) is 23.7 Å². The second-order valence-electron chi connectivity index (χ2n) is 7.61. The Morgan fingerprint density at radius 2 is 1.90 bits per heavy atom. The van der Waals surface area contributed by atoms with E-state index in [0.29, 0.717) is 35.2 Å². The minimum atomic E-state index is -0.150. The van der Waals surface area contributed by atoms with E-state index in [0.717, 1.165) is 24.2 Å². The number of nitrogens with one attached hydrogen (secondary N) is 1. The molecule has 5 nitrogen and oxygen atoms in total. The Morgan fingerprint density at radius 3 is 2.62 bits per heavy atom. The number of hydrogen-bond acceptors (Lipinski definition) is 3. The Kier molecular flexibility index (Phi) is 7.15. The van der Waals surface area contributed by atoms with Crippen LogP contribution < -0.4 is 10.1 Å². The minimum Gasteiger partial charge on any atom is -0.490 e. The number of ether oxygens (including phenoxy) is 1. The van der Waals surface area contributed by atoms with Gasteiger partial charge >= 0.3 is 0 Å². The molecule has 0 saturated heterocycles. The van der Waals surface area contributed by atoms with Crippen molar-refractivity contribution in [2.75, 3.05) is 19.4 Å². The van der Waals surface area contributed by atoms with Crippen LogP contribution in [-0.4, -0.2) is 36.9 Å². The predicted molar refractivity (Wildman–Crippen MR) is 116 cm³/mol. The van der Waals surface area contributed by atoms with Gasteiger partial charge in [-0.25, -0.2) is 0 Å². The second kappa shape index (κ2) is 9.79. The van der Waals surface area contributed by atoms with Gasteiger partial charge in [-0.05, 0) is 68.0 Å². The molecule has 6 heteroatoms. The third-order valence-electron chi connectivity index (χ3n) is 5.04. The molecule has 1 fully saturated rings. The summed E-state index contributed by atoms with van der Waals surface area (Å²) in [4.78, 5) is 26.0. The topological polar surface area (TPSA) is 58.6 Å². The largest absolute Gasteiger partial charge is 0.490 e. The van der Waals surface area contributed by atoms with E-state index in [4.69, 9.17) is 16.3 Å².